The molecule has 1 aliphatic rings. The fourth-order valence-corrected chi connectivity index (χ4v) is 5.11. The highest BCUT2D eigenvalue weighted by molar-refractivity contribution is 7.13. The zero-order chi connectivity index (χ0) is 17.4. The summed E-state index contributed by atoms with van der Waals surface area (Å²) in [6.45, 7) is 2.01. The lowest BCUT2D eigenvalue weighted by molar-refractivity contribution is -0.125. The lowest BCUT2D eigenvalue weighted by Gasteiger charge is -2.29. The number of aromatic nitrogens is 1. The average Bonchev–Trinajstić information content (AvgIpc) is 3.33. The Kier molecular flexibility index (Phi) is 3.91. The van der Waals surface area contributed by atoms with Crippen LogP contribution in [0.1, 0.15) is 34.4 Å². The van der Waals surface area contributed by atoms with E-state index in [1.165, 1.54) is 11.3 Å². The highest BCUT2D eigenvalue weighted by Gasteiger charge is 2.49. The van der Waals surface area contributed by atoms with Gasteiger partial charge in [-0.25, -0.2) is 4.98 Å². The van der Waals surface area contributed by atoms with Gasteiger partial charge in [0.05, 0.1) is 17.0 Å². The van der Waals surface area contributed by atoms with Crippen molar-refractivity contribution in [2.75, 3.05) is 5.32 Å². The summed E-state index contributed by atoms with van der Waals surface area (Å²) < 4.78 is 0. The van der Waals surface area contributed by atoms with Crippen molar-refractivity contribution in [3.8, 4) is 6.07 Å². The lowest BCUT2D eigenvalue weighted by atomic mass is 9.76. The minimum Gasteiger partial charge on any atom is -0.301 e. The monoisotopic (exact) mass is 365 g/mol. The van der Waals surface area contributed by atoms with Crippen molar-refractivity contribution in [2.24, 2.45) is 5.41 Å². The molecule has 0 spiro atoms. The predicted octanol–water partition coefficient (Wildman–Crippen LogP) is 4.41. The summed E-state index contributed by atoms with van der Waals surface area (Å²) in [4.78, 5) is 18.5. The second kappa shape index (κ2) is 6.10. The van der Waals surface area contributed by atoms with Gasteiger partial charge in [-0.3, -0.25) is 4.79 Å². The van der Waals surface area contributed by atoms with E-state index in [-0.39, 0.29) is 11.8 Å². The molecular weight excluding hydrogens is 350 g/mol. The predicted molar refractivity (Wildman–Crippen MR) is 99.9 cm³/mol. The molecule has 124 valence electrons. The van der Waals surface area contributed by atoms with E-state index in [1.54, 1.807) is 17.5 Å². The molecule has 1 amide bonds. The van der Waals surface area contributed by atoms with E-state index in [1.807, 2.05) is 41.9 Å². The molecular formula is C19H15N3OS2. The number of hydrogen-bond acceptors (Lipinski definition) is 5. The number of amides is 1. The number of nitriles is 1. The molecule has 2 heterocycles. The van der Waals surface area contributed by atoms with Crippen LogP contribution in [0, 0.1) is 16.7 Å². The minimum absolute atomic E-state index is 0.0319. The van der Waals surface area contributed by atoms with E-state index >= 15 is 0 Å². The first-order chi connectivity index (χ1) is 12.1. The third-order valence-electron chi connectivity index (χ3n) is 4.78. The number of hydrogen-bond donors (Lipinski definition) is 1. The molecule has 0 fully saturated rings. The van der Waals surface area contributed by atoms with Crippen LogP contribution in [0.2, 0.25) is 0 Å². The van der Waals surface area contributed by atoms with Crippen LogP contribution in [0.3, 0.4) is 0 Å². The zero-order valence-electron chi connectivity index (χ0n) is 13.5. The molecule has 4 rings (SSSR count). The highest BCUT2D eigenvalue weighted by atomic mass is 32.1. The Bertz CT molecular complexity index is 957. The second-order valence-electron chi connectivity index (χ2n) is 6.36. The third kappa shape index (κ3) is 2.66. The van der Waals surface area contributed by atoms with Crippen LogP contribution in [-0.4, -0.2) is 10.9 Å². The van der Waals surface area contributed by atoms with Crippen LogP contribution in [0.4, 0.5) is 5.13 Å². The molecule has 0 aliphatic heterocycles. The molecule has 1 aromatic carbocycles. The second-order valence-corrected chi connectivity index (χ2v) is 8.23. The fourth-order valence-electron chi connectivity index (χ4n) is 3.59. The summed E-state index contributed by atoms with van der Waals surface area (Å²) in [6, 6.07) is 12.0. The number of nitrogens with one attached hydrogen (secondary N) is 1. The van der Waals surface area contributed by atoms with Crippen molar-refractivity contribution in [1.29, 1.82) is 5.26 Å². The molecule has 0 bridgehead atoms. The number of thiazole rings is 1. The Morgan fingerprint density at radius 2 is 2.24 bits per heavy atom. The van der Waals surface area contributed by atoms with Crippen LogP contribution in [0.15, 0.2) is 47.3 Å². The van der Waals surface area contributed by atoms with Gasteiger partial charge in [-0.1, -0.05) is 12.1 Å². The standard InChI is InChI=1S/C19H15N3OS2/c1-19(17(23)22-18-21-6-8-25-18)10-13-5-4-12(11-20)9-14(13)16(19)15-3-2-7-24-15/h2-9,16H,10H2,1H3,(H,21,22,23)/t16-,19-/m1/s1. The first kappa shape index (κ1) is 16.0. The maximum atomic E-state index is 13.2. The molecule has 0 unspecified atom stereocenters. The SMILES string of the molecule is C[C@@]1(C(=O)Nc2nccs2)Cc2ccc(C#N)cc2[C@@H]1c1cccs1. The van der Waals surface area contributed by atoms with Crippen molar-refractivity contribution in [3.63, 3.8) is 0 Å². The van der Waals surface area contributed by atoms with Gasteiger partial charge in [-0.15, -0.1) is 22.7 Å². The first-order valence-electron chi connectivity index (χ1n) is 7.89. The van der Waals surface area contributed by atoms with Gasteiger partial charge in [-0.05, 0) is 48.1 Å². The van der Waals surface area contributed by atoms with Gasteiger partial charge in [0.2, 0.25) is 5.91 Å². The summed E-state index contributed by atoms with van der Waals surface area (Å²) in [5, 5.41) is 16.7. The van der Waals surface area contributed by atoms with Crippen LogP contribution in [-0.2, 0) is 11.2 Å². The van der Waals surface area contributed by atoms with Crippen molar-refractivity contribution in [1.82, 2.24) is 4.98 Å². The number of carbonyl (C=O) groups is 1. The molecule has 0 saturated carbocycles. The number of rotatable bonds is 3. The molecule has 0 saturated heterocycles. The van der Waals surface area contributed by atoms with E-state index in [4.69, 9.17) is 0 Å². The Morgan fingerprint density at radius 3 is 2.92 bits per heavy atom. The maximum absolute atomic E-state index is 13.2. The number of carbonyl (C=O) groups excluding carboxylic acids is 1. The molecule has 2 atom stereocenters. The molecule has 4 nitrogen and oxygen atoms in total. The summed E-state index contributed by atoms with van der Waals surface area (Å²) in [6.07, 6.45) is 2.33. The van der Waals surface area contributed by atoms with Gasteiger partial charge in [0.25, 0.3) is 0 Å². The summed E-state index contributed by atoms with van der Waals surface area (Å²) in [5.74, 6) is -0.0914. The molecule has 6 heteroatoms. The number of fused-ring (bicyclic) bond motifs is 1. The van der Waals surface area contributed by atoms with Crippen molar-refractivity contribution >= 4 is 33.7 Å². The largest absolute Gasteiger partial charge is 0.301 e. The van der Waals surface area contributed by atoms with Crippen molar-refractivity contribution < 1.29 is 4.79 Å². The van der Waals surface area contributed by atoms with E-state index in [0.29, 0.717) is 17.1 Å². The quantitative estimate of drug-likeness (QED) is 0.748. The van der Waals surface area contributed by atoms with Gasteiger partial charge in [0.1, 0.15) is 0 Å². The number of anilines is 1. The first-order valence-corrected chi connectivity index (χ1v) is 9.65. The molecule has 25 heavy (non-hydrogen) atoms. The fraction of sp³-hybridized carbons (Fsp3) is 0.211. The zero-order valence-corrected chi connectivity index (χ0v) is 15.2. The van der Waals surface area contributed by atoms with E-state index < -0.39 is 5.41 Å². The van der Waals surface area contributed by atoms with Crippen molar-refractivity contribution in [2.45, 2.75) is 19.3 Å². The molecule has 1 aliphatic carbocycles. The summed E-state index contributed by atoms with van der Waals surface area (Å²) in [5.41, 5.74) is 2.23. The molecule has 1 N–H and O–H groups in total. The topological polar surface area (TPSA) is 65.8 Å². The maximum Gasteiger partial charge on any atom is 0.233 e. The smallest absolute Gasteiger partial charge is 0.233 e. The Balaban J connectivity index is 1.79. The van der Waals surface area contributed by atoms with Gasteiger partial charge in [0.15, 0.2) is 5.13 Å². The number of thiophene rings is 1. The Hall–Kier alpha value is -2.49. The van der Waals surface area contributed by atoms with E-state index in [2.05, 4.69) is 22.4 Å². The average molecular weight is 365 g/mol. The van der Waals surface area contributed by atoms with E-state index in [9.17, 15) is 10.1 Å². The van der Waals surface area contributed by atoms with Crippen LogP contribution in [0.25, 0.3) is 0 Å². The van der Waals surface area contributed by atoms with Gasteiger partial charge in [-0.2, -0.15) is 5.26 Å². The number of nitrogens with zero attached hydrogens (tertiary/aromatic N) is 2. The van der Waals surface area contributed by atoms with E-state index in [0.717, 1.165) is 16.0 Å². The number of benzene rings is 1. The highest BCUT2D eigenvalue weighted by Crippen LogP contribution is 2.52. The molecule has 2 aromatic heterocycles. The van der Waals surface area contributed by atoms with Crippen LogP contribution in [0.5, 0.6) is 0 Å². The third-order valence-corrected chi connectivity index (χ3v) is 6.41. The normalized spacial score (nSPS) is 21.5. The molecule has 3 aromatic rings. The van der Waals surface area contributed by atoms with Gasteiger partial charge in [0, 0.05) is 22.4 Å². The minimum atomic E-state index is -0.618. The molecule has 0 radical (unpaired) electrons. The van der Waals surface area contributed by atoms with Gasteiger partial charge >= 0.3 is 0 Å². The Labute approximate surface area is 153 Å². The Morgan fingerprint density at radius 1 is 1.36 bits per heavy atom. The van der Waals surface area contributed by atoms with Crippen LogP contribution >= 0.6 is 22.7 Å². The van der Waals surface area contributed by atoms with Gasteiger partial charge < -0.3 is 5.32 Å². The summed E-state index contributed by atoms with van der Waals surface area (Å²) in [7, 11) is 0. The van der Waals surface area contributed by atoms with Crippen LogP contribution < -0.4 is 5.32 Å². The summed E-state index contributed by atoms with van der Waals surface area (Å²) >= 11 is 3.06. The lowest BCUT2D eigenvalue weighted by Crippen LogP contribution is -2.37. The van der Waals surface area contributed by atoms with Crippen molar-refractivity contribution in [3.05, 3.63) is 68.9 Å².